The molecule has 0 radical (unpaired) electrons. The molecule has 0 saturated carbocycles. The molecule has 78 valence electrons. The van der Waals surface area contributed by atoms with Gasteiger partial charge < -0.3 is 9.84 Å². The van der Waals surface area contributed by atoms with Crippen LogP contribution >= 0.6 is 0 Å². The van der Waals surface area contributed by atoms with Crippen LogP contribution in [0.15, 0.2) is 10.6 Å². The van der Waals surface area contributed by atoms with Gasteiger partial charge in [-0.05, 0) is 20.3 Å². The van der Waals surface area contributed by atoms with Gasteiger partial charge in [-0.25, -0.2) is 0 Å². The third kappa shape index (κ3) is 2.87. The Hall–Kier alpha value is -1.32. The molecule has 0 aromatic carbocycles. The Balaban J connectivity index is 2.62. The van der Waals surface area contributed by atoms with Crippen molar-refractivity contribution in [1.29, 1.82) is 0 Å². The van der Waals surface area contributed by atoms with E-state index >= 15 is 0 Å². The molecule has 1 N–H and O–H groups in total. The molecule has 1 heterocycles. The number of amides is 1. The van der Waals surface area contributed by atoms with E-state index in [0.29, 0.717) is 5.69 Å². The molecule has 1 rings (SSSR count). The topological polar surface area (TPSA) is 55.1 Å². The zero-order valence-electron chi connectivity index (χ0n) is 8.83. The van der Waals surface area contributed by atoms with E-state index in [1.54, 1.807) is 6.07 Å². The average Bonchev–Trinajstić information content (AvgIpc) is 2.52. The molecule has 0 atom stereocenters. The van der Waals surface area contributed by atoms with Gasteiger partial charge in [0.15, 0.2) is 5.69 Å². The van der Waals surface area contributed by atoms with Crippen molar-refractivity contribution in [2.24, 2.45) is 0 Å². The van der Waals surface area contributed by atoms with Gasteiger partial charge in [0.1, 0.15) is 5.76 Å². The minimum absolute atomic E-state index is 0.119. The molecule has 0 saturated heterocycles. The molecule has 0 bridgehead atoms. The lowest BCUT2D eigenvalue weighted by atomic mass is 10.2. The van der Waals surface area contributed by atoms with Gasteiger partial charge in [-0.15, -0.1) is 0 Å². The monoisotopic (exact) mass is 196 g/mol. The maximum Gasteiger partial charge on any atom is 0.273 e. The molecular weight excluding hydrogens is 180 g/mol. The largest absolute Gasteiger partial charge is 0.361 e. The van der Waals surface area contributed by atoms with Crippen molar-refractivity contribution >= 4 is 5.91 Å². The summed E-state index contributed by atoms with van der Waals surface area (Å²) in [6, 6.07) is 1.81. The summed E-state index contributed by atoms with van der Waals surface area (Å²) in [5, 5.41) is 6.45. The molecule has 0 aliphatic carbocycles. The second-order valence-electron chi connectivity index (χ2n) is 3.56. The van der Waals surface area contributed by atoms with Crippen LogP contribution in [0.2, 0.25) is 0 Å². The Morgan fingerprint density at radius 3 is 2.93 bits per heavy atom. The van der Waals surface area contributed by atoms with Crippen LogP contribution < -0.4 is 5.32 Å². The highest BCUT2D eigenvalue weighted by atomic mass is 16.5. The van der Waals surface area contributed by atoms with Crippen LogP contribution in [0.1, 0.15) is 43.4 Å². The summed E-state index contributed by atoms with van der Waals surface area (Å²) in [4.78, 5) is 11.4. The minimum Gasteiger partial charge on any atom is -0.361 e. The summed E-state index contributed by atoms with van der Waals surface area (Å²) in [5.41, 5.74) is 0.363. The fourth-order valence-corrected chi connectivity index (χ4v) is 1.12. The molecule has 1 aromatic heterocycles. The molecule has 0 aliphatic rings. The smallest absolute Gasteiger partial charge is 0.273 e. The molecule has 1 amide bonds. The average molecular weight is 196 g/mol. The Bertz CT molecular complexity index is 305. The van der Waals surface area contributed by atoms with E-state index in [9.17, 15) is 4.79 Å². The van der Waals surface area contributed by atoms with Gasteiger partial charge in [0.25, 0.3) is 5.91 Å². The Morgan fingerprint density at radius 2 is 2.36 bits per heavy atom. The molecule has 1 aromatic rings. The van der Waals surface area contributed by atoms with Crippen molar-refractivity contribution in [3.05, 3.63) is 17.5 Å². The van der Waals surface area contributed by atoms with E-state index in [1.165, 1.54) is 0 Å². The van der Waals surface area contributed by atoms with Gasteiger partial charge in [-0.2, -0.15) is 0 Å². The number of hydrogen-bond acceptors (Lipinski definition) is 3. The fraction of sp³-hybridized carbons (Fsp3) is 0.600. The van der Waals surface area contributed by atoms with Crippen LogP contribution in [0.3, 0.4) is 0 Å². The number of aromatic nitrogens is 1. The third-order valence-electron chi connectivity index (χ3n) is 1.71. The van der Waals surface area contributed by atoms with E-state index in [4.69, 9.17) is 4.52 Å². The number of carbonyl (C=O) groups excluding carboxylic acids is 1. The highest BCUT2D eigenvalue weighted by Crippen LogP contribution is 2.06. The van der Waals surface area contributed by atoms with Crippen LogP contribution in [-0.2, 0) is 6.42 Å². The standard InChI is InChI=1S/C10H16N2O2/c1-4-5-8-6-9(12-14-8)10(13)11-7(2)3/h6-7H,4-5H2,1-3H3,(H,11,13). The number of nitrogens with zero attached hydrogens (tertiary/aromatic N) is 1. The quantitative estimate of drug-likeness (QED) is 0.798. The molecule has 4 heteroatoms. The van der Waals surface area contributed by atoms with Crippen LogP contribution in [-0.4, -0.2) is 17.1 Å². The van der Waals surface area contributed by atoms with Crippen LogP contribution in [0.4, 0.5) is 0 Å². The molecule has 0 unspecified atom stereocenters. The summed E-state index contributed by atoms with van der Waals surface area (Å²) < 4.78 is 5.00. The SMILES string of the molecule is CCCc1cc(C(=O)NC(C)C)no1. The Kier molecular flexibility index (Phi) is 3.68. The van der Waals surface area contributed by atoms with Crippen molar-refractivity contribution in [2.75, 3.05) is 0 Å². The summed E-state index contributed by atoms with van der Waals surface area (Å²) >= 11 is 0. The summed E-state index contributed by atoms with van der Waals surface area (Å²) in [6.07, 6.45) is 1.81. The van der Waals surface area contributed by atoms with Crippen molar-refractivity contribution < 1.29 is 9.32 Å². The Labute approximate surface area is 83.7 Å². The normalized spacial score (nSPS) is 10.6. The van der Waals surface area contributed by atoms with Gasteiger partial charge in [0, 0.05) is 18.5 Å². The van der Waals surface area contributed by atoms with E-state index < -0.39 is 0 Å². The number of carbonyl (C=O) groups is 1. The molecule has 14 heavy (non-hydrogen) atoms. The predicted octanol–water partition coefficient (Wildman–Crippen LogP) is 1.77. The lowest BCUT2D eigenvalue weighted by Gasteiger charge is -2.04. The lowest BCUT2D eigenvalue weighted by Crippen LogP contribution is -2.30. The van der Waals surface area contributed by atoms with Crippen molar-refractivity contribution in [2.45, 2.75) is 39.7 Å². The third-order valence-corrected chi connectivity index (χ3v) is 1.71. The number of aryl methyl sites for hydroxylation is 1. The number of rotatable bonds is 4. The highest BCUT2D eigenvalue weighted by Gasteiger charge is 2.12. The fourth-order valence-electron chi connectivity index (χ4n) is 1.12. The van der Waals surface area contributed by atoms with Gasteiger partial charge >= 0.3 is 0 Å². The maximum absolute atomic E-state index is 11.4. The lowest BCUT2D eigenvalue weighted by molar-refractivity contribution is 0.0934. The maximum atomic E-state index is 11.4. The van der Waals surface area contributed by atoms with E-state index in [0.717, 1.165) is 18.6 Å². The van der Waals surface area contributed by atoms with Gasteiger partial charge in [-0.3, -0.25) is 4.79 Å². The summed E-state index contributed by atoms with van der Waals surface area (Å²) in [7, 11) is 0. The van der Waals surface area contributed by atoms with E-state index in [2.05, 4.69) is 17.4 Å². The molecule has 0 fully saturated rings. The first kappa shape index (κ1) is 10.8. The van der Waals surface area contributed by atoms with Crippen molar-refractivity contribution in [1.82, 2.24) is 10.5 Å². The first-order chi connectivity index (χ1) is 6.63. The summed E-state index contributed by atoms with van der Waals surface area (Å²) in [5.74, 6) is 0.590. The van der Waals surface area contributed by atoms with E-state index in [1.807, 2.05) is 13.8 Å². The van der Waals surface area contributed by atoms with Crippen LogP contribution in [0.5, 0.6) is 0 Å². The zero-order valence-corrected chi connectivity index (χ0v) is 8.83. The van der Waals surface area contributed by atoms with Crippen molar-refractivity contribution in [3.8, 4) is 0 Å². The number of hydrogen-bond donors (Lipinski definition) is 1. The zero-order chi connectivity index (χ0) is 10.6. The van der Waals surface area contributed by atoms with E-state index in [-0.39, 0.29) is 11.9 Å². The first-order valence-electron chi connectivity index (χ1n) is 4.90. The second-order valence-corrected chi connectivity index (χ2v) is 3.56. The molecule has 0 spiro atoms. The Morgan fingerprint density at radius 1 is 1.64 bits per heavy atom. The molecule has 4 nitrogen and oxygen atoms in total. The van der Waals surface area contributed by atoms with Gasteiger partial charge in [0.2, 0.25) is 0 Å². The van der Waals surface area contributed by atoms with Crippen LogP contribution in [0.25, 0.3) is 0 Å². The molecular formula is C10H16N2O2. The predicted molar refractivity (Wildman–Crippen MR) is 53.1 cm³/mol. The highest BCUT2D eigenvalue weighted by molar-refractivity contribution is 5.92. The van der Waals surface area contributed by atoms with Gasteiger partial charge in [0.05, 0.1) is 0 Å². The number of nitrogens with one attached hydrogen (secondary N) is 1. The minimum atomic E-state index is -0.175. The summed E-state index contributed by atoms with van der Waals surface area (Å²) in [6.45, 7) is 5.87. The van der Waals surface area contributed by atoms with Crippen molar-refractivity contribution in [3.63, 3.8) is 0 Å². The first-order valence-corrected chi connectivity index (χ1v) is 4.90. The van der Waals surface area contributed by atoms with Crippen LogP contribution in [0, 0.1) is 0 Å². The van der Waals surface area contributed by atoms with Gasteiger partial charge in [-0.1, -0.05) is 12.1 Å². The molecule has 0 aliphatic heterocycles. The second kappa shape index (κ2) is 4.79.